The minimum Gasteiger partial charge on any atom is -0.385 e. The maximum atomic E-state index is 4.56. The fourth-order valence-corrected chi connectivity index (χ4v) is 4.02. The Bertz CT molecular complexity index is 711. The van der Waals surface area contributed by atoms with Crippen molar-refractivity contribution in [1.82, 2.24) is 9.97 Å². The van der Waals surface area contributed by atoms with Crippen molar-refractivity contribution in [2.75, 3.05) is 11.9 Å². The number of nitrogens with one attached hydrogen (secondary N) is 1. The highest BCUT2D eigenvalue weighted by molar-refractivity contribution is 5.65. The van der Waals surface area contributed by atoms with E-state index < -0.39 is 0 Å². The summed E-state index contributed by atoms with van der Waals surface area (Å²) in [6.07, 6.45) is 20.0. The SMILES string of the molecule is CCCCCCCCCCCCCCCNc1ccnc(-c2ccc(C)nc2C)c1. The molecule has 30 heavy (non-hydrogen) atoms. The quantitative estimate of drug-likeness (QED) is 0.283. The molecule has 2 heterocycles. The summed E-state index contributed by atoms with van der Waals surface area (Å²) < 4.78 is 0. The molecule has 0 aliphatic carbocycles. The Hall–Kier alpha value is -1.90. The minimum absolute atomic E-state index is 0.996. The molecule has 0 aliphatic rings. The summed E-state index contributed by atoms with van der Waals surface area (Å²) in [5.74, 6) is 0. The molecule has 0 fully saturated rings. The van der Waals surface area contributed by atoms with Gasteiger partial charge in [-0.15, -0.1) is 0 Å². The van der Waals surface area contributed by atoms with Crippen molar-refractivity contribution in [3.8, 4) is 11.3 Å². The normalized spacial score (nSPS) is 11.0. The first-order valence-electron chi connectivity index (χ1n) is 12.3. The van der Waals surface area contributed by atoms with E-state index in [2.05, 4.69) is 53.4 Å². The molecule has 0 saturated heterocycles. The molecule has 0 spiro atoms. The fourth-order valence-electron chi connectivity index (χ4n) is 4.02. The average Bonchev–Trinajstić information content (AvgIpc) is 2.74. The summed E-state index contributed by atoms with van der Waals surface area (Å²) in [4.78, 5) is 9.10. The number of aryl methyl sites for hydroxylation is 2. The van der Waals surface area contributed by atoms with Crippen LogP contribution in [0.3, 0.4) is 0 Å². The summed E-state index contributed by atoms with van der Waals surface area (Å²) in [5, 5.41) is 3.56. The van der Waals surface area contributed by atoms with Crippen LogP contribution in [-0.4, -0.2) is 16.5 Å². The van der Waals surface area contributed by atoms with Crippen molar-refractivity contribution in [2.45, 2.75) is 104 Å². The van der Waals surface area contributed by atoms with Gasteiger partial charge in [0.2, 0.25) is 0 Å². The van der Waals surface area contributed by atoms with Crippen LogP contribution in [0.2, 0.25) is 0 Å². The highest BCUT2D eigenvalue weighted by Crippen LogP contribution is 2.23. The lowest BCUT2D eigenvalue weighted by molar-refractivity contribution is 0.541. The Balaban J connectivity index is 1.52. The summed E-state index contributed by atoms with van der Waals surface area (Å²) in [6, 6.07) is 8.37. The number of nitrogens with zero attached hydrogens (tertiary/aromatic N) is 2. The zero-order valence-electron chi connectivity index (χ0n) is 19.7. The van der Waals surface area contributed by atoms with Crippen molar-refractivity contribution in [3.63, 3.8) is 0 Å². The molecule has 3 heteroatoms. The maximum Gasteiger partial charge on any atom is 0.0740 e. The van der Waals surface area contributed by atoms with Crippen molar-refractivity contribution >= 4 is 5.69 Å². The van der Waals surface area contributed by atoms with Gasteiger partial charge < -0.3 is 5.32 Å². The number of anilines is 1. The molecule has 3 nitrogen and oxygen atoms in total. The first kappa shape index (κ1) is 24.4. The molecule has 1 N–H and O–H groups in total. The second-order valence-corrected chi connectivity index (χ2v) is 8.68. The Morgan fingerprint density at radius 2 is 1.33 bits per heavy atom. The van der Waals surface area contributed by atoms with Gasteiger partial charge in [0.05, 0.1) is 5.69 Å². The lowest BCUT2D eigenvalue weighted by Crippen LogP contribution is -2.02. The summed E-state index contributed by atoms with van der Waals surface area (Å²) in [7, 11) is 0. The largest absolute Gasteiger partial charge is 0.385 e. The molecule has 0 radical (unpaired) electrons. The predicted octanol–water partition coefficient (Wildman–Crippen LogP) is 8.26. The smallest absolute Gasteiger partial charge is 0.0740 e. The standard InChI is InChI=1S/C27H43N3/c1-4-5-6-7-8-9-10-11-12-13-14-15-16-20-28-25-19-21-29-27(22-25)26-18-17-23(2)30-24(26)3/h17-19,21-22H,4-16,20H2,1-3H3,(H,28,29). The Morgan fingerprint density at radius 1 is 0.733 bits per heavy atom. The zero-order chi connectivity index (χ0) is 21.4. The van der Waals surface area contributed by atoms with Gasteiger partial charge in [0.1, 0.15) is 0 Å². The van der Waals surface area contributed by atoms with Crippen LogP contribution in [0, 0.1) is 13.8 Å². The topological polar surface area (TPSA) is 37.8 Å². The van der Waals surface area contributed by atoms with Crippen LogP contribution in [0.4, 0.5) is 5.69 Å². The van der Waals surface area contributed by atoms with Gasteiger partial charge in [-0.1, -0.05) is 84.0 Å². The van der Waals surface area contributed by atoms with E-state index in [0.717, 1.165) is 34.9 Å². The molecular weight excluding hydrogens is 366 g/mol. The number of hydrogen-bond donors (Lipinski definition) is 1. The molecule has 0 saturated carbocycles. The Labute approximate surface area is 185 Å². The molecule has 0 unspecified atom stereocenters. The van der Waals surface area contributed by atoms with Gasteiger partial charge in [0.25, 0.3) is 0 Å². The Kier molecular flexibility index (Phi) is 12.2. The van der Waals surface area contributed by atoms with Crippen LogP contribution < -0.4 is 5.32 Å². The molecule has 0 amide bonds. The molecule has 0 bridgehead atoms. The molecule has 2 aromatic rings. The first-order chi connectivity index (χ1) is 14.7. The van der Waals surface area contributed by atoms with Crippen LogP contribution in [0.25, 0.3) is 11.3 Å². The zero-order valence-corrected chi connectivity index (χ0v) is 19.7. The third kappa shape index (κ3) is 9.73. The van der Waals surface area contributed by atoms with Crippen LogP contribution >= 0.6 is 0 Å². The summed E-state index contributed by atoms with van der Waals surface area (Å²) in [6.45, 7) is 7.40. The lowest BCUT2D eigenvalue weighted by atomic mass is 10.0. The van der Waals surface area contributed by atoms with E-state index in [0.29, 0.717) is 0 Å². The van der Waals surface area contributed by atoms with Crippen LogP contribution in [0.15, 0.2) is 30.5 Å². The van der Waals surface area contributed by atoms with E-state index >= 15 is 0 Å². The van der Waals surface area contributed by atoms with Gasteiger partial charge in [-0.05, 0) is 44.5 Å². The van der Waals surface area contributed by atoms with Gasteiger partial charge in [-0.25, -0.2) is 0 Å². The predicted molar refractivity (Wildman–Crippen MR) is 131 cm³/mol. The number of hydrogen-bond acceptors (Lipinski definition) is 3. The van der Waals surface area contributed by atoms with Crippen LogP contribution in [0.5, 0.6) is 0 Å². The van der Waals surface area contributed by atoms with Crippen LogP contribution in [0.1, 0.15) is 102 Å². The van der Waals surface area contributed by atoms with Crippen molar-refractivity contribution < 1.29 is 0 Å². The highest BCUT2D eigenvalue weighted by Gasteiger charge is 2.05. The van der Waals surface area contributed by atoms with Gasteiger partial charge in [0, 0.05) is 35.4 Å². The number of rotatable bonds is 16. The first-order valence-corrected chi connectivity index (χ1v) is 12.3. The third-order valence-electron chi connectivity index (χ3n) is 5.87. The second-order valence-electron chi connectivity index (χ2n) is 8.68. The highest BCUT2D eigenvalue weighted by atomic mass is 14.9. The minimum atomic E-state index is 0.996. The molecule has 166 valence electrons. The Morgan fingerprint density at radius 3 is 1.93 bits per heavy atom. The summed E-state index contributed by atoms with van der Waals surface area (Å²) in [5.41, 5.74) is 5.35. The number of pyridine rings is 2. The van der Waals surface area contributed by atoms with Crippen molar-refractivity contribution in [3.05, 3.63) is 41.9 Å². The van der Waals surface area contributed by atoms with E-state index in [9.17, 15) is 0 Å². The van der Waals surface area contributed by atoms with Gasteiger partial charge >= 0.3 is 0 Å². The lowest BCUT2D eigenvalue weighted by Gasteiger charge is -2.10. The van der Waals surface area contributed by atoms with Crippen LogP contribution in [-0.2, 0) is 0 Å². The van der Waals surface area contributed by atoms with E-state index in [-0.39, 0.29) is 0 Å². The monoisotopic (exact) mass is 409 g/mol. The van der Waals surface area contributed by atoms with Crippen molar-refractivity contribution in [1.29, 1.82) is 0 Å². The second kappa shape index (κ2) is 15.0. The van der Waals surface area contributed by atoms with E-state index in [1.165, 1.54) is 83.5 Å². The van der Waals surface area contributed by atoms with Crippen molar-refractivity contribution in [2.24, 2.45) is 0 Å². The fraction of sp³-hybridized carbons (Fsp3) is 0.630. The molecule has 0 atom stereocenters. The molecule has 0 aromatic carbocycles. The molecule has 0 aliphatic heterocycles. The maximum absolute atomic E-state index is 4.56. The van der Waals surface area contributed by atoms with Gasteiger partial charge in [0.15, 0.2) is 0 Å². The van der Waals surface area contributed by atoms with E-state index in [4.69, 9.17) is 0 Å². The number of aromatic nitrogens is 2. The molecule has 2 rings (SSSR count). The number of unbranched alkanes of at least 4 members (excludes halogenated alkanes) is 12. The molecule has 2 aromatic heterocycles. The van der Waals surface area contributed by atoms with E-state index in [1.54, 1.807) is 0 Å². The third-order valence-corrected chi connectivity index (χ3v) is 5.87. The van der Waals surface area contributed by atoms with Gasteiger partial charge in [-0.3, -0.25) is 9.97 Å². The molecular formula is C27H43N3. The van der Waals surface area contributed by atoms with Gasteiger partial charge in [-0.2, -0.15) is 0 Å². The van der Waals surface area contributed by atoms with E-state index in [1.807, 2.05) is 13.1 Å². The average molecular weight is 410 g/mol. The summed E-state index contributed by atoms with van der Waals surface area (Å²) >= 11 is 0.